The molecule has 130 valence electrons. The number of carbonyl (C=O) groups excluding carboxylic acids is 1. The van der Waals surface area contributed by atoms with Gasteiger partial charge in [0, 0.05) is 43.8 Å². The average Bonchev–Trinajstić information content (AvgIpc) is 3.32. The van der Waals surface area contributed by atoms with Gasteiger partial charge in [0.25, 0.3) is 0 Å². The van der Waals surface area contributed by atoms with Crippen LogP contribution in [0.3, 0.4) is 0 Å². The number of amides is 1. The third-order valence-electron chi connectivity index (χ3n) is 4.83. The number of ether oxygens (including phenoxy) is 1. The zero-order valence-electron chi connectivity index (χ0n) is 14.1. The summed E-state index contributed by atoms with van der Waals surface area (Å²) in [6, 6.07) is 10.2. The van der Waals surface area contributed by atoms with Crippen LogP contribution in [0.15, 0.2) is 36.7 Å². The summed E-state index contributed by atoms with van der Waals surface area (Å²) >= 11 is 0. The minimum atomic E-state index is 0.218. The Morgan fingerprint density at radius 3 is 2.84 bits per heavy atom. The van der Waals surface area contributed by atoms with E-state index in [1.165, 1.54) is 0 Å². The Morgan fingerprint density at radius 1 is 1.24 bits per heavy atom. The van der Waals surface area contributed by atoms with Crippen LogP contribution >= 0.6 is 0 Å². The zero-order valence-corrected chi connectivity index (χ0v) is 14.1. The van der Waals surface area contributed by atoms with Crippen LogP contribution in [0.25, 0.3) is 0 Å². The molecule has 0 spiro atoms. The van der Waals surface area contributed by atoms with Crippen molar-refractivity contribution in [1.29, 1.82) is 0 Å². The molecule has 2 aliphatic heterocycles. The fourth-order valence-corrected chi connectivity index (χ4v) is 3.37. The van der Waals surface area contributed by atoms with Crippen molar-refractivity contribution in [2.75, 3.05) is 30.0 Å². The lowest BCUT2D eigenvalue weighted by atomic mass is 10.1. The van der Waals surface area contributed by atoms with Crippen molar-refractivity contribution in [3.8, 4) is 0 Å². The van der Waals surface area contributed by atoms with Gasteiger partial charge in [-0.15, -0.1) is 0 Å². The van der Waals surface area contributed by atoms with Crippen LogP contribution in [0.1, 0.15) is 36.4 Å². The lowest BCUT2D eigenvalue weighted by Gasteiger charge is -2.16. The molecule has 0 saturated carbocycles. The number of hydrogen-bond donors (Lipinski definition) is 1. The van der Waals surface area contributed by atoms with Crippen LogP contribution in [0.5, 0.6) is 0 Å². The maximum Gasteiger partial charge on any atom is 0.227 e. The van der Waals surface area contributed by atoms with Crippen molar-refractivity contribution in [2.45, 2.75) is 31.7 Å². The molecule has 6 heteroatoms. The third-order valence-corrected chi connectivity index (χ3v) is 4.83. The Morgan fingerprint density at radius 2 is 2.12 bits per heavy atom. The second kappa shape index (κ2) is 7.19. The summed E-state index contributed by atoms with van der Waals surface area (Å²) < 4.78 is 5.43. The molecule has 0 unspecified atom stereocenters. The highest BCUT2D eigenvalue weighted by atomic mass is 16.5. The Balaban J connectivity index is 1.38. The standard InChI is InChI=1S/C19H22N4O2/c24-19-2-1-8-23(19)16-5-3-14(4-6-16)11-20-18-10-17(21-13-22-18)15-7-9-25-12-15/h3-6,10,13,15H,1-2,7-9,11-12H2,(H,20,21,22)/t15-/m1/s1. The minimum absolute atomic E-state index is 0.218. The molecule has 0 aliphatic carbocycles. The molecule has 1 amide bonds. The number of benzene rings is 1. The summed E-state index contributed by atoms with van der Waals surface area (Å²) in [4.78, 5) is 22.3. The van der Waals surface area contributed by atoms with E-state index >= 15 is 0 Å². The van der Waals surface area contributed by atoms with E-state index in [1.807, 2.05) is 23.1 Å². The van der Waals surface area contributed by atoms with Gasteiger partial charge in [0.15, 0.2) is 0 Å². The van der Waals surface area contributed by atoms with Crippen molar-refractivity contribution in [2.24, 2.45) is 0 Å². The predicted molar refractivity (Wildman–Crippen MR) is 95.6 cm³/mol. The molecular weight excluding hydrogens is 316 g/mol. The van der Waals surface area contributed by atoms with Gasteiger partial charge >= 0.3 is 0 Å². The number of aromatic nitrogens is 2. The van der Waals surface area contributed by atoms with E-state index in [9.17, 15) is 4.79 Å². The Kier molecular flexibility index (Phi) is 4.61. The molecule has 2 fully saturated rings. The van der Waals surface area contributed by atoms with Crippen molar-refractivity contribution in [3.63, 3.8) is 0 Å². The molecule has 4 rings (SSSR count). The maximum absolute atomic E-state index is 11.8. The predicted octanol–water partition coefficient (Wildman–Crippen LogP) is 2.72. The summed E-state index contributed by atoms with van der Waals surface area (Å²) in [7, 11) is 0. The maximum atomic E-state index is 11.8. The molecule has 0 radical (unpaired) electrons. The molecule has 25 heavy (non-hydrogen) atoms. The third kappa shape index (κ3) is 3.64. The number of anilines is 2. The lowest BCUT2D eigenvalue weighted by molar-refractivity contribution is -0.117. The molecule has 2 saturated heterocycles. The molecule has 6 nitrogen and oxygen atoms in total. The van der Waals surface area contributed by atoms with Gasteiger partial charge in [-0.2, -0.15) is 0 Å². The average molecular weight is 338 g/mol. The van der Waals surface area contributed by atoms with Crippen LogP contribution in [-0.4, -0.2) is 35.6 Å². The van der Waals surface area contributed by atoms with Gasteiger partial charge in [-0.05, 0) is 30.5 Å². The van der Waals surface area contributed by atoms with Gasteiger partial charge in [-0.1, -0.05) is 12.1 Å². The van der Waals surface area contributed by atoms with Gasteiger partial charge in [-0.25, -0.2) is 9.97 Å². The summed E-state index contributed by atoms with van der Waals surface area (Å²) in [6.45, 7) is 3.06. The highest BCUT2D eigenvalue weighted by Gasteiger charge is 2.21. The molecule has 3 heterocycles. The number of rotatable bonds is 5. The van der Waals surface area contributed by atoms with Gasteiger partial charge in [0.05, 0.1) is 12.3 Å². The molecular formula is C19H22N4O2. The topological polar surface area (TPSA) is 67.4 Å². The molecule has 1 aromatic carbocycles. The highest BCUT2D eigenvalue weighted by Crippen LogP contribution is 2.25. The first-order valence-electron chi connectivity index (χ1n) is 8.82. The monoisotopic (exact) mass is 338 g/mol. The quantitative estimate of drug-likeness (QED) is 0.908. The van der Waals surface area contributed by atoms with E-state index in [4.69, 9.17) is 4.74 Å². The summed E-state index contributed by atoms with van der Waals surface area (Å²) in [5.41, 5.74) is 3.18. The fraction of sp³-hybridized carbons (Fsp3) is 0.421. The van der Waals surface area contributed by atoms with Crippen LogP contribution in [0.2, 0.25) is 0 Å². The number of nitrogens with zero attached hydrogens (tertiary/aromatic N) is 3. The number of hydrogen-bond acceptors (Lipinski definition) is 5. The smallest absolute Gasteiger partial charge is 0.227 e. The normalized spacial score (nSPS) is 20.2. The summed E-state index contributed by atoms with van der Waals surface area (Å²) in [6.07, 6.45) is 4.24. The molecule has 1 aromatic heterocycles. The fourth-order valence-electron chi connectivity index (χ4n) is 3.37. The first-order chi connectivity index (χ1) is 12.3. The van der Waals surface area contributed by atoms with Crippen LogP contribution in [0.4, 0.5) is 11.5 Å². The lowest BCUT2D eigenvalue weighted by Crippen LogP contribution is -2.23. The molecule has 1 N–H and O–H groups in total. The molecule has 1 atom stereocenters. The summed E-state index contributed by atoms with van der Waals surface area (Å²) in [5, 5.41) is 3.35. The van der Waals surface area contributed by atoms with E-state index < -0.39 is 0 Å². The number of carbonyl (C=O) groups is 1. The largest absolute Gasteiger partial charge is 0.381 e. The van der Waals surface area contributed by atoms with Gasteiger partial charge in [0.1, 0.15) is 12.1 Å². The minimum Gasteiger partial charge on any atom is -0.381 e. The van der Waals surface area contributed by atoms with E-state index in [-0.39, 0.29) is 5.91 Å². The van der Waals surface area contributed by atoms with E-state index in [0.29, 0.717) is 18.9 Å². The summed E-state index contributed by atoms with van der Waals surface area (Å²) in [5.74, 6) is 1.42. The van der Waals surface area contributed by atoms with Gasteiger partial charge < -0.3 is 15.0 Å². The molecule has 0 bridgehead atoms. The van der Waals surface area contributed by atoms with Gasteiger partial charge in [-0.3, -0.25) is 4.79 Å². The Labute approximate surface area is 147 Å². The SMILES string of the molecule is O=C1CCCN1c1ccc(CNc2cc([C@@H]3CCOC3)ncn2)cc1. The zero-order chi connectivity index (χ0) is 17.1. The Bertz CT molecular complexity index is 741. The van der Waals surface area contributed by atoms with Crippen molar-refractivity contribution >= 4 is 17.4 Å². The van der Waals surface area contributed by atoms with E-state index in [1.54, 1.807) is 6.33 Å². The van der Waals surface area contributed by atoms with Crippen molar-refractivity contribution < 1.29 is 9.53 Å². The number of nitrogens with one attached hydrogen (secondary N) is 1. The first kappa shape index (κ1) is 16.0. The second-order valence-corrected chi connectivity index (χ2v) is 6.56. The molecule has 2 aromatic rings. The highest BCUT2D eigenvalue weighted by molar-refractivity contribution is 5.95. The second-order valence-electron chi connectivity index (χ2n) is 6.56. The van der Waals surface area contributed by atoms with Crippen molar-refractivity contribution in [1.82, 2.24) is 9.97 Å². The Hall–Kier alpha value is -2.47. The van der Waals surface area contributed by atoms with E-state index in [2.05, 4.69) is 27.4 Å². The van der Waals surface area contributed by atoms with Crippen LogP contribution < -0.4 is 10.2 Å². The first-order valence-corrected chi connectivity index (χ1v) is 8.82. The van der Waals surface area contributed by atoms with Crippen LogP contribution in [0, 0.1) is 0 Å². The van der Waals surface area contributed by atoms with Crippen molar-refractivity contribution in [3.05, 3.63) is 47.9 Å². The molecule has 2 aliphatic rings. The van der Waals surface area contributed by atoms with E-state index in [0.717, 1.165) is 55.4 Å². The van der Waals surface area contributed by atoms with Crippen LogP contribution in [-0.2, 0) is 16.1 Å². The van der Waals surface area contributed by atoms with Gasteiger partial charge in [0.2, 0.25) is 5.91 Å².